The van der Waals surface area contributed by atoms with Gasteiger partial charge in [0.15, 0.2) is 18.9 Å². The fourth-order valence-corrected chi connectivity index (χ4v) is 14.6. The summed E-state index contributed by atoms with van der Waals surface area (Å²) in [6.07, 6.45) is 62.8. The fraction of sp³-hybridized carbons (Fsp3) is 0.852. The number of aliphatic hydroxyl groups is 11. The normalized spacial score (nSPS) is 25.9. The Hall–Kier alpha value is -2.77. The number of aliphatic hydroxyl groups excluding tert-OH is 11. The maximum Gasteiger partial charge on any atom is 0.220 e. The van der Waals surface area contributed by atoms with Gasteiger partial charge in [0.05, 0.1) is 38.6 Å². The van der Waals surface area contributed by atoms with Gasteiger partial charge in [-0.25, -0.2) is 0 Å². The van der Waals surface area contributed by atoms with Crippen molar-refractivity contribution in [2.45, 2.75) is 452 Å². The smallest absolute Gasteiger partial charge is 0.220 e. The van der Waals surface area contributed by atoms with Gasteiger partial charge in [0.25, 0.3) is 0 Å². The van der Waals surface area contributed by atoms with E-state index in [1.54, 1.807) is 0 Å². The van der Waals surface area contributed by atoms with E-state index in [4.69, 9.17) is 28.4 Å². The molecule has 0 spiro atoms. The number of allylic oxidation sites excluding steroid dienone is 12. The van der Waals surface area contributed by atoms with Crippen LogP contribution in [0.4, 0.5) is 0 Å². The molecule has 0 radical (unpaired) electrons. The molecular weight excluding hydrogens is 1360 g/mol. The largest absolute Gasteiger partial charge is 0.394 e. The minimum absolute atomic E-state index is 0.241. The lowest BCUT2D eigenvalue weighted by Gasteiger charge is -2.48. The number of rotatable bonds is 70. The third-order valence-corrected chi connectivity index (χ3v) is 21.5. The van der Waals surface area contributed by atoms with Crippen molar-refractivity contribution in [3.8, 4) is 0 Å². The zero-order valence-corrected chi connectivity index (χ0v) is 67.1. The Labute approximate surface area is 648 Å². The van der Waals surface area contributed by atoms with Crippen LogP contribution < -0.4 is 5.32 Å². The second-order valence-electron chi connectivity index (χ2n) is 31.0. The predicted molar refractivity (Wildman–Crippen MR) is 429 cm³/mol. The van der Waals surface area contributed by atoms with Gasteiger partial charge in [-0.1, -0.05) is 350 Å². The summed E-state index contributed by atoms with van der Waals surface area (Å²) in [5.74, 6) is -0.241. The number of unbranched alkanes of at least 4 members (excludes halogenated alkanes) is 42. The number of carbonyl (C=O) groups is 1. The second kappa shape index (κ2) is 67.7. The van der Waals surface area contributed by atoms with Crippen molar-refractivity contribution < 1.29 is 89.4 Å². The molecule has 0 aliphatic carbocycles. The molecule has 3 aliphatic heterocycles. The highest BCUT2D eigenvalue weighted by Gasteiger charge is 2.54. The Balaban J connectivity index is 1.34. The van der Waals surface area contributed by atoms with Crippen LogP contribution in [0, 0.1) is 0 Å². The summed E-state index contributed by atoms with van der Waals surface area (Å²) in [4.78, 5) is 13.5. The van der Waals surface area contributed by atoms with Crippen LogP contribution >= 0.6 is 0 Å². The summed E-state index contributed by atoms with van der Waals surface area (Å²) in [5.41, 5.74) is 0. The number of carbonyl (C=O) groups excluding carboxylic acids is 1. The van der Waals surface area contributed by atoms with Crippen LogP contribution in [0.15, 0.2) is 72.9 Å². The van der Waals surface area contributed by atoms with Crippen molar-refractivity contribution in [3.05, 3.63) is 72.9 Å². The lowest BCUT2D eigenvalue weighted by atomic mass is 9.96. The molecule has 1 amide bonds. The van der Waals surface area contributed by atoms with Crippen LogP contribution in [-0.2, 0) is 33.2 Å². The molecule has 0 saturated carbocycles. The topological polar surface area (TPSA) is 307 Å². The number of hydrogen-bond donors (Lipinski definition) is 12. The average Bonchev–Trinajstić information content (AvgIpc) is 0.782. The molecule has 12 N–H and O–H groups in total. The van der Waals surface area contributed by atoms with Crippen LogP contribution in [0.5, 0.6) is 0 Å². The quantitative estimate of drug-likeness (QED) is 0.0199. The van der Waals surface area contributed by atoms with Crippen LogP contribution in [-0.4, -0.2) is 193 Å². The molecule has 17 atom stereocenters. The zero-order chi connectivity index (χ0) is 77.4. The molecule has 0 aromatic carbocycles. The van der Waals surface area contributed by atoms with Crippen LogP contribution in [0.3, 0.4) is 0 Å². The Morgan fingerprint density at radius 3 is 1.01 bits per heavy atom. The lowest BCUT2D eigenvalue weighted by Crippen LogP contribution is -2.66. The Bertz CT molecular complexity index is 2210. The maximum absolute atomic E-state index is 13.5. The Morgan fingerprint density at radius 2 is 0.645 bits per heavy atom. The molecule has 0 bridgehead atoms. The summed E-state index contributed by atoms with van der Waals surface area (Å²) in [7, 11) is 0. The summed E-state index contributed by atoms with van der Waals surface area (Å²) in [6, 6.07) is -0.893. The monoisotopic (exact) mass is 1520 g/mol. The summed E-state index contributed by atoms with van der Waals surface area (Å²) in [5, 5.41) is 121. The number of ether oxygens (including phenoxy) is 6. The first-order valence-corrected chi connectivity index (χ1v) is 43.7. The zero-order valence-electron chi connectivity index (χ0n) is 67.1. The molecule has 19 nitrogen and oxygen atoms in total. The van der Waals surface area contributed by atoms with Crippen LogP contribution in [0.25, 0.3) is 0 Å². The third kappa shape index (κ3) is 46.9. The van der Waals surface area contributed by atoms with Crippen molar-refractivity contribution >= 4 is 5.91 Å². The predicted octanol–water partition coefficient (Wildman–Crippen LogP) is 16.0. The minimum Gasteiger partial charge on any atom is -0.394 e. The van der Waals surface area contributed by atoms with E-state index in [0.29, 0.717) is 12.8 Å². The van der Waals surface area contributed by atoms with Crippen LogP contribution in [0.1, 0.15) is 348 Å². The number of amides is 1. The summed E-state index contributed by atoms with van der Waals surface area (Å²) < 4.78 is 34.6. The van der Waals surface area contributed by atoms with Gasteiger partial charge in [0, 0.05) is 6.42 Å². The number of nitrogens with one attached hydrogen (secondary N) is 1. The van der Waals surface area contributed by atoms with Crippen molar-refractivity contribution in [1.29, 1.82) is 0 Å². The molecule has 3 saturated heterocycles. The Morgan fingerprint density at radius 1 is 0.346 bits per heavy atom. The molecule has 624 valence electrons. The van der Waals surface area contributed by atoms with Gasteiger partial charge in [-0.15, -0.1) is 0 Å². The molecule has 0 aromatic rings. The highest BCUT2D eigenvalue weighted by molar-refractivity contribution is 5.76. The first-order chi connectivity index (χ1) is 52.3. The van der Waals surface area contributed by atoms with E-state index in [1.165, 1.54) is 225 Å². The molecule has 3 heterocycles. The van der Waals surface area contributed by atoms with Gasteiger partial charge in [-0.05, 0) is 64.2 Å². The van der Waals surface area contributed by atoms with Crippen molar-refractivity contribution in [2.24, 2.45) is 0 Å². The molecule has 3 fully saturated rings. The average molecular weight is 1520 g/mol. The third-order valence-electron chi connectivity index (χ3n) is 21.5. The van der Waals surface area contributed by atoms with Gasteiger partial charge in [0.1, 0.15) is 73.2 Å². The first kappa shape index (κ1) is 98.4. The van der Waals surface area contributed by atoms with Crippen molar-refractivity contribution in [1.82, 2.24) is 5.32 Å². The van der Waals surface area contributed by atoms with E-state index in [-0.39, 0.29) is 18.9 Å². The van der Waals surface area contributed by atoms with E-state index >= 15 is 0 Å². The van der Waals surface area contributed by atoms with E-state index in [1.807, 2.05) is 0 Å². The highest BCUT2D eigenvalue weighted by atomic mass is 16.8. The van der Waals surface area contributed by atoms with Gasteiger partial charge in [0.2, 0.25) is 5.91 Å². The van der Waals surface area contributed by atoms with E-state index < -0.39 is 124 Å². The van der Waals surface area contributed by atoms with Gasteiger partial charge in [-0.2, -0.15) is 0 Å². The van der Waals surface area contributed by atoms with Gasteiger partial charge in [-0.3, -0.25) is 4.79 Å². The fourth-order valence-electron chi connectivity index (χ4n) is 14.6. The van der Waals surface area contributed by atoms with E-state index in [9.17, 15) is 61.0 Å². The maximum atomic E-state index is 13.5. The molecule has 3 aliphatic rings. The molecule has 3 rings (SSSR count). The van der Waals surface area contributed by atoms with Crippen LogP contribution in [0.2, 0.25) is 0 Å². The van der Waals surface area contributed by atoms with E-state index in [0.717, 1.165) is 89.9 Å². The molecule has 19 heteroatoms. The molecule has 17 unspecified atom stereocenters. The summed E-state index contributed by atoms with van der Waals surface area (Å²) >= 11 is 0. The first-order valence-electron chi connectivity index (χ1n) is 43.7. The number of hydrogen-bond acceptors (Lipinski definition) is 18. The minimum atomic E-state index is -1.98. The van der Waals surface area contributed by atoms with E-state index in [2.05, 4.69) is 92.1 Å². The second-order valence-corrected chi connectivity index (χ2v) is 31.0. The standard InChI is InChI=1S/C88H159NO18/c1-3-5-7-9-11-13-15-17-19-21-23-25-27-29-31-33-34-35-36-38-40-42-44-46-48-50-52-54-56-58-60-62-64-66-76(94)89-71(72(93)65-63-61-59-57-55-53-51-49-47-45-43-41-39-37-32-30-28-26-24-22-20-18-16-14-12-10-8-6-4-2)70-102-86-82(100)79(97)84(74(68-91)104-86)107-88-83(101)80(98)85(75(69-92)105-88)106-87-81(99)78(96)77(95)73(67-90)103-87/h5,7,11,13,17,19,23,25,29,31,34-35,71-75,77-88,90-93,95-101H,3-4,6,8-10,12,14-16,18,20-22,24,26-28,30,32-33,36-70H2,1-2H3,(H,89,94)/b7-5-,13-11-,19-17-,25-23-,31-29-,35-34-. The molecular formula is C88H159NO18. The van der Waals surface area contributed by atoms with Crippen molar-refractivity contribution in [3.63, 3.8) is 0 Å². The van der Waals surface area contributed by atoms with Crippen molar-refractivity contribution in [2.75, 3.05) is 26.4 Å². The summed E-state index contributed by atoms with van der Waals surface area (Å²) in [6.45, 7) is 1.74. The van der Waals surface area contributed by atoms with Gasteiger partial charge < -0.3 is 89.9 Å². The molecule has 0 aromatic heterocycles. The Kier molecular flexibility index (Phi) is 62.3. The van der Waals surface area contributed by atoms with Gasteiger partial charge >= 0.3 is 0 Å². The highest BCUT2D eigenvalue weighted by Crippen LogP contribution is 2.34. The SMILES string of the molecule is CC/C=C\C/C=C\C/C=C\C/C=C\C/C=C\C/C=C\CCCCCCCCCCCCCCCCC(=O)NC(COC1OC(CO)C(OC2OC(CO)C(OC3OC(CO)C(O)C(O)C3O)C(O)C2O)C(O)C1O)C(O)CCCCCCCCCCCCCCCCCCCCCCCCCCCCCCC. The lowest BCUT2D eigenvalue weighted by molar-refractivity contribution is -0.379. The molecule has 107 heavy (non-hydrogen) atoms.